The molecule has 2 aromatic rings. The van der Waals surface area contributed by atoms with Gasteiger partial charge in [-0.1, -0.05) is 19.8 Å². The lowest BCUT2D eigenvalue weighted by Crippen LogP contribution is -2.26. The van der Waals surface area contributed by atoms with Crippen LogP contribution < -0.4 is 10.6 Å². The van der Waals surface area contributed by atoms with E-state index < -0.39 is 0 Å². The molecule has 6 nitrogen and oxygen atoms in total. The Morgan fingerprint density at radius 1 is 1.29 bits per heavy atom. The monoisotopic (exact) mass is 421 g/mol. The van der Waals surface area contributed by atoms with Crippen molar-refractivity contribution in [2.45, 2.75) is 59.1 Å². The lowest BCUT2D eigenvalue weighted by molar-refractivity contribution is -0.123. The van der Waals surface area contributed by atoms with E-state index in [4.69, 9.17) is 4.74 Å². The van der Waals surface area contributed by atoms with Crippen molar-refractivity contribution in [3.63, 3.8) is 0 Å². The predicted octanol–water partition coefficient (Wildman–Crippen LogP) is 4.35. The molecule has 1 fully saturated rings. The molecule has 2 amide bonds. The summed E-state index contributed by atoms with van der Waals surface area (Å²) in [6.07, 6.45) is 4.69. The number of carbonyl (C=O) groups excluding carboxylic acids is 2. The first kappa shape index (κ1) is 21.0. The Kier molecular flexibility index (Phi) is 7.20. The minimum absolute atomic E-state index is 0.0466. The van der Waals surface area contributed by atoms with Gasteiger partial charge in [-0.15, -0.1) is 22.7 Å². The number of rotatable bonds is 7. The molecule has 2 N–H and O–H groups in total. The van der Waals surface area contributed by atoms with Crippen molar-refractivity contribution in [2.75, 3.05) is 11.9 Å². The van der Waals surface area contributed by atoms with Crippen molar-refractivity contribution in [1.29, 1.82) is 0 Å². The Morgan fingerprint density at radius 2 is 2.11 bits per heavy atom. The molecule has 152 valence electrons. The number of thiophene rings is 1. The van der Waals surface area contributed by atoms with Gasteiger partial charge in [0, 0.05) is 16.7 Å². The van der Waals surface area contributed by atoms with E-state index >= 15 is 0 Å². The average molecular weight is 422 g/mol. The number of aryl methyl sites for hydroxylation is 1. The van der Waals surface area contributed by atoms with Gasteiger partial charge in [0.2, 0.25) is 5.91 Å². The number of nitrogens with zero attached hydrogens (tertiary/aromatic N) is 1. The van der Waals surface area contributed by atoms with Crippen molar-refractivity contribution in [1.82, 2.24) is 10.3 Å². The SMILES string of the molecule is CC(=O)NCc1ccc(-c2nc(NC(=O)COC3CCCC(C)C3)sc2C)s1. The summed E-state index contributed by atoms with van der Waals surface area (Å²) in [6.45, 7) is 6.33. The first-order chi connectivity index (χ1) is 13.4. The number of carbonyl (C=O) groups is 2. The highest BCUT2D eigenvalue weighted by molar-refractivity contribution is 7.18. The number of hydrogen-bond acceptors (Lipinski definition) is 6. The molecule has 28 heavy (non-hydrogen) atoms. The lowest BCUT2D eigenvalue weighted by atomic mass is 9.89. The second-order valence-corrected chi connectivity index (χ2v) is 9.72. The highest BCUT2D eigenvalue weighted by atomic mass is 32.1. The fraction of sp³-hybridized carbons (Fsp3) is 0.550. The smallest absolute Gasteiger partial charge is 0.252 e. The van der Waals surface area contributed by atoms with Crippen LogP contribution >= 0.6 is 22.7 Å². The second-order valence-electron chi connectivity index (χ2n) is 7.35. The van der Waals surface area contributed by atoms with Crippen LogP contribution in [0, 0.1) is 12.8 Å². The summed E-state index contributed by atoms with van der Waals surface area (Å²) < 4.78 is 5.79. The Balaban J connectivity index is 1.54. The van der Waals surface area contributed by atoms with Gasteiger partial charge < -0.3 is 10.1 Å². The zero-order valence-electron chi connectivity index (χ0n) is 16.5. The average Bonchev–Trinajstić information content (AvgIpc) is 3.24. The third kappa shape index (κ3) is 5.86. The van der Waals surface area contributed by atoms with Gasteiger partial charge in [0.25, 0.3) is 5.91 Å². The van der Waals surface area contributed by atoms with Gasteiger partial charge in [-0.3, -0.25) is 14.9 Å². The minimum Gasteiger partial charge on any atom is -0.368 e. The van der Waals surface area contributed by atoms with E-state index in [-0.39, 0.29) is 24.5 Å². The molecule has 1 aliphatic carbocycles. The van der Waals surface area contributed by atoms with Crippen molar-refractivity contribution in [2.24, 2.45) is 5.92 Å². The number of nitrogens with one attached hydrogen (secondary N) is 2. The number of hydrogen-bond donors (Lipinski definition) is 2. The quantitative estimate of drug-likeness (QED) is 0.696. The molecule has 1 saturated carbocycles. The fourth-order valence-corrected chi connectivity index (χ4v) is 5.27. The molecule has 0 radical (unpaired) electrons. The van der Waals surface area contributed by atoms with Crippen molar-refractivity contribution < 1.29 is 14.3 Å². The highest BCUT2D eigenvalue weighted by Gasteiger charge is 2.20. The number of anilines is 1. The molecule has 2 aromatic heterocycles. The molecule has 8 heteroatoms. The first-order valence-corrected chi connectivity index (χ1v) is 11.3. The molecule has 0 spiro atoms. The predicted molar refractivity (Wildman–Crippen MR) is 114 cm³/mol. The van der Waals surface area contributed by atoms with Crippen LogP contribution in [0.4, 0.5) is 5.13 Å². The Morgan fingerprint density at radius 3 is 2.86 bits per heavy atom. The molecule has 2 unspecified atom stereocenters. The zero-order chi connectivity index (χ0) is 20.1. The van der Waals surface area contributed by atoms with Gasteiger partial charge in [-0.2, -0.15) is 0 Å². The summed E-state index contributed by atoms with van der Waals surface area (Å²) >= 11 is 3.06. The van der Waals surface area contributed by atoms with E-state index in [1.54, 1.807) is 11.3 Å². The van der Waals surface area contributed by atoms with E-state index in [0.29, 0.717) is 17.6 Å². The topological polar surface area (TPSA) is 80.3 Å². The van der Waals surface area contributed by atoms with Crippen LogP contribution in [0.1, 0.15) is 49.3 Å². The van der Waals surface area contributed by atoms with Crippen molar-refractivity contribution in [3.8, 4) is 10.6 Å². The molecule has 0 aromatic carbocycles. The van der Waals surface area contributed by atoms with Crippen LogP contribution in [0.25, 0.3) is 10.6 Å². The van der Waals surface area contributed by atoms with Gasteiger partial charge >= 0.3 is 0 Å². The molecule has 2 atom stereocenters. The number of thiazole rings is 1. The Hall–Kier alpha value is -1.77. The van der Waals surface area contributed by atoms with E-state index in [9.17, 15) is 9.59 Å². The molecule has 0 bridgehead atoms. The number of amides is 2. The van der Waals surface area contributed by atoms with E-state index in [2.05, 4.69) is 22.5 Å². The summed E-state index contributed by atoms with van der Waals surface area (Å²) in [4.78, 5) is 31.0. The molecular formula is C20H27N3O3S2. The van der Waals surface area contributed by atoms with Crippen LogP contribution in [-0.2, 0) is 20.9 Å². The lowest BCUT2D eigenvalue weighted by Gasteiger charge is -2.26. The van der Waals surface area contributed by atoms with E-state index in [1.807, 2.05) is 19.1 Å². The summed E-state index contributed by atoms with van der Waals surface area (Å²) in [5.74, 6) is 0.470. The van der Waals surface area contributed by atoms with Crippen LogP contribution in [0.5, 0.6) is 0 Å². The summed E-state index contributed by atoms with van der Waals surface area (Å²) in [5.41, 5.74) is 0.876. The number of ether oxygens (including phenoxy) is 1. The Bertz CT molecular complexity index is 831. The fourth-order valence-electron chi connectivity index (χ4n) is 3.37. The van der Waals surface area contributed by atoms with Crippen LogP contribution in [0.15, 0.2) is 12.1 Å². The molecule has 2 heterocycles. The summed E-state index contributed by atoms with van der Waals surface area (Å²) in [5, 5.41) is 6.25. The molecule has 3 rings (SSSR count). The largest absolute Gasteiger partial charge is 0.368 e. The van der Waals surface area contributed by atoms with Crippen LogP contribution in [0.2, 0.25) is 0 Å². The molecule has 0 aliphatic heterocycles. The maximum atomic E-state index is 12.2. The van der Waals surface area contributed by atoms with Crippen LogP contribution in [-0.4, -0.2) is 29.5 Å². The molecule has 0 saturated heterocycles. The van der Waals surface area contributed by atoms with Crippen LogP contribution in [0.3, 0.4) is 0 Å². The summed E-state index contributed by atoms with van der Waals surface area (Å²) in [6, 6.07) is 3.99. The first-order valence-electron chi connectivity index (χ1n) is 9.63. The standard InChI is InChI=1S/C20H27N3O3S2/c1-12-5-4-6-15(9-12)26-11-18(25)22-20-23-19(13(2)27-20)17-8-7-16(28-17)10-21-14(3)24/h7-8,12,15H,4-6,9-11H2,1-3H3,(H,21,24)(H,22,23,25). The van der Waals surface area contributed by atoms with Crippen molar-refractivity contribution >= 4 is 39.6 Å². The third-order valence-corrected chi connectivity index (χ3v) is 6.77. The second kappa shape index (κ2) is 9.62. The van der Waals surface area contributed by atoms with Gasteiger partial charge in [-0.25, -0.2) is 4.98 Å². The third-order valence-electron chi connectivity index (χ3n) is 4.79. The van der Waals surface area contributed by atoms with E-state index in [0.717, 1.165) is 33.2 Å². The normalized spacial score (nSPS) is 19.4. The zero-order valence-corrected chi connectivity index (χ0v) is 18.2. The molecule has 1 aliphatic rings. The van der Waals surface area contributed by atoms with Gasteiger partial charge in [0.05, 0.1) is 23.2 Å². The maximum Gasteiger partial charge on any atom is 0.252 e. The summed E-state index contributed by atoms with van der Waals surface area (Å²) in [7, 11) is 0. The minimum atomic E-state index is -0.156. The Labute approximate surface area is 173 Å². The van der Waals surface area contributed by atoms with Gasteiger partial charge in [0.15, 0.2) is 5.13 Å². The van der Waals surface area contributed by atoms with Crippen molar-refractivity contribution in [3.05, 3.63) is 21.9 Å². The maximum absolute atomic E-state index is 12.2. The van der Waals surface area contributed by atoms with Gasteiger partial charge in [-0.05, 0) is 37.8 Å². The van der Waals surface area contributed by atoms with Gasteiger partial charge in [0.1, 0.15) is 6.61 Å². The highest BCUT2D eigenvalue weighted by Crippen LogP contribution is 2.34. The van der Waals surface area contributed by atoms with E-state index in [1.165, 1.54) is 31.1 Å². The molecular weight excluding hydrogens is 394 g/mol. The number of aromatic nitrogens is 1.